The average Bonchev–Trinajstić information content (AvgIpc) is 3.03. The van der Waals surface area contributed by atoms with Gasteiger partial charge in [-0.15, -0.1) is 0 Å². The van der Waals surface area contributed by atoms with Gasteiger partial charge in [-0.2, -0.15) is 0 Å². The summed E-state index contributed by atoms with van der Waals surface area (Å²) in [5.74, 6) is 6.45. The van der Waals surface area contributed by atoms with E-state index in [0.29, 0.717) is 11.6 Å². The van der Waals surface area contributed by atoms with Gasteiger partial charge in [-0.05, 0) is 24.8 Å². The van der Waals surface area contributed by atoms with Gasteiger partial charge in [0.1, 0.15) is 5.75 Å². The molecule has 4 heteroatoms. The van der Waals surface area contributed by atoms with E-state index in [4.69, 9.17) is 22.2 Å². The summed E-state index contributed by atoms with van der Waals surface area (Å²) >= 11 is 6.13. The monoisotopic (exact) mass is 227 g/mol. The number of halogens is 1. The fraction of sp³-hybridized carbons (Fsp3) is 0.455. The van der Waals surface area contributed by atoms with Crippen molar-refractivity contribution in [3.05, 3.63) is 28.8 Å². The van der Waals surface area contributed by atoms with Crippen molar-refractivity contribution in [3.8, 4) is 5.75 Å². The lowest BCUT2D eigenvalue weighted by molar-refractivity contribution is 0.124. The Balaban J connectivity index is 2.04. The van der Waals surface area contributed by atoms with Gasteiger partial charge in [-0.25, -0.2) is 5.90 Å². The fourth-order valence-corrected chi connectivity index (χ4v) is 1.60. The Morgan fingerprint density at radius 1 is 1.40 bits per heavy atom. The molecule has 82 valence electrons. The van der Waals surface area contributed by atoms with Gasteiger partial charge in [0, 0.05) is 5.56 Å². The Morgan fingerprint density at radius 2 is 2.20 bits per heavy atom. The molecule has 1 fully saturated rings. The standard InChI is InChI=1S/C11H14ClNO2/c12-11-9(7-15-13)2-1-3-10(11)14-6-8-4-5-8/h1-3,8H,4-7,13H2. The largest absolute Gasteiger partial charge is 0.492 e. The van der Waals surface area contributed by atoms with Crippen LogP contribution in [-0.4, -0.2) is 6.61 Å². The Hall–Kier alpha value is -0.770. The molecular weight excluding hydrogens is 214 g/mol. The highest BCUT2D eigenvalue weighted by Gasteiger charge is 2.22. The van der Waals surface area contributed by atoms with E-state index in [2.05, 4.69) is 4.84 Å². The molecule has 1 aromatic carbocycles. The lowest BCUT2D eigenvalue weighted by atomic mass is 10.2. The SMILES string of the molecule is NOCc1cccc(OCC2CC2)c1Cl. The van der Waals surface area contributed by atoms with Gasteiger partial charge >= 0.3 is 0 Å². The van der Waals surface area contributed by atoms with Gasteiger partial charge in [-0.1, -0.05) is 23.7 Å². The van der Waals surface area contributed by atoms with Crippen LogP contribution >= 0.6 is 11.6 Å². The molecule has 0 unspecified atom stereocenters. The van der Waals surface area contributed by atoms with E-state index in [1.54, 1.807) is 0 Å². The first-order valence-electron chi connectivity index (χ1n) is 5.03. The van der Waals surface area contributed by atoms with Crippen LogP contribution in [-0.2, 0) is 11.4 Å². The second kappa shape index (κ2) is 4.84. The molecule has 1 aliphatic rings. The number of rotatable bonds is 5. The van der Waals surface area contributed by atoms with Crippen LogP contribution in [0.1, 0.15) is 18.4 Å². The molecule has 0 saturated heterocycles. The van der Waals surface area contributed by atoms with Crippen LogP contribution in [0.25, 0.3) is 0 Å². The van der Waals surface area contributed by atoms with E-state index < -0.39 is 0 Å². The van der Waals surface area contributed by atoms with Crippen LogP contribution in [0.5, 0.6) is 5.75 Å². The van der Waals surface area contributed by atoms with Crippen molar-refractivity contribution in [1.82, 2.24) is 0 Å². The third-order valence-corrected chi connectivity index (χ3v) is 2.88. The average molecular weight is 228 g/mol. The highest BCUT2D eigenvalue weighted by Crippen LogP contribution is 2.33. The van der Waals surface area contributed by atoms with Gasteiger partial charge in [0.2, 0.25) is 0 Å². The van der Waals surface area contributed by atoms with Crippen LogP contribution < -0.4 is 10.6 Å². The zero-order chi connectivity index (χ0) is 10.7. The molecule has 0 amide bonds. The summed E-state index contributed by atoms with van der Waals surface area (Å²) in [6.07, 6.45) is 2.53. The van der Waals surface area contributed by atoms with Crippen molar-refractivity contribution in [1.29, 1.82) is 0 Å². The number of ether oxygens (including phenoxy) is 1. The first-order valence-corrected chi connectivity index (χ1v) is 5.41. The van der Waals surface area contributed by atoms with Crippen LogP contribution in [0.3, 0.4) is 0 Å². The molecule has 0 aliphatic heterocycles. The minimum absolute atomic E-state index is 0.305. The molecule has 0 spiro atoms. The first kappa shape index (κ1) is 10.7. The van der Waals surface area contributed by atoms with Gasteiger partial charge in [-0.3, -0.25) is 4.84 Å². The summed E-state index contributed by atoms with van der Waals surface area (Å²) < 4.78 is 5.62. The molecule has 2 rings (SSSR count). The third kappa shape index (κ3) is 2.84. The van der Waals surface area contributed by atoms with E-state index in [9.17, 15) is 0 Å². The number of benzene rings is 1. The van der Waals surface area contributed by atoms with E-state index in [-0.39, 0.29) is 0 Å². The molecule has 0 aromatic heterocycles. The highest BCUT2D eigenvalue weighted by atomic mass is 35.5. The van der Waals surface area contributed by atoms with Crippen molar-refractivity contribution in [2.75, 3.05) is 6.61 Å². The maximum Gasteiger partial charge on any atom is 0.138 e. The number of hydrogen-bond acceptors (Lipinski definition) is 3. The smallest absolute Gasteiger partial charge is 0.138 e. The van der Waals surface area contributed by atoms with Crippen LogP contribution in [0.15, 0.2) is 18.2 Å². The van der Waals surface area contributed by atoms with Gasteiger partial charge in [0.15, 0.2) is 0 Å². The van der Waals surface area contributed by atoms with Crippen molar-refractivity contribution in [2.24, 2.45) is 11.8 Å². The van der Waals surface area contributed by atoms with Gasteiger partial charge in [0.05, 0.1) is 18.2 Å². The van der Waals surface area contributed by atoms with Crippen molar-refractivity contribution in [3.63, 3.8) is 0 Å². The van der Waals surface area contributed by atoms with Crippen molar-refractivity contribution in [2.45, 2.75) is 19.4 Å². The third-order valence-electron chi connectivity index (χ3n) is 2.45. The van der Waals surface area contributed by atoms with E-state index in [1.165, 1.54) is 12.8 Å². The van der Waals surface area contributed by atoms with Gasteiger partial charge < -0.3 is 4.74 Å². The second-order valence-corrected chi connectivity index (χ2v) is 4.17. The van der Waals surface area contributed by atoms with E-state index in [0.717, 1.165) is 23.8 Å². The number of nitrogens with two attached hydrogens (primary N) is 1. The molecule has 1 aromatic rings. The summed E-state index contributed by atoms with van der Waals surface area (Å²) in [4.78, 5) is 4.56. The molecule has 1 saturated carbocycles. The highest BCUT2D eigenvalue weighted by molar-refractivity contribution is 6.32. The Labute approximate surface area is 94.1 Å². The predicted octanol–water partition coefficient (Wildman–Crippen LogP) is 2.52. The lowest BCUT2D eigenvalue weighted by Gasteiger charge is -2.10. The van der Waals surface area contributed by atoms with E-state index in [1.807, 2.05) is 18.2 Å². The lowest BCUT2D eigenvalue weighted by Crippen LogP contribution is -2.03. The zero-order valence-corrected chi connectivity index (χ0v) is 9.17. The summed E-state index contributed by atoms with van der Waals surface area (Å²) in [5, 5.41) is 0.601. The van der Waals surface area contributed by atoms with Gasteiger partial charge in [0.25, 0.3) is 0 Å². The van der Waals surface area contributed by atoms with Crippen molar-refractivity contribution >= 4 is 11.6 Å². The Bertz CT molecular complexity index is 339. The quantitative estimate of drug-likeness (QED) is 0.787. The molecule has 15 heavy (non-hydrogen) atoms. The normalized spacial score (nSPS) is 15.3. The maximum atomic E-state index is 6.13. The molecule has 0 atom stereocenters. The number of hydrogen-bond donors (Lipinski definition) is 1. The molecule has 1 aliphatic carbocycles. The van der Waals surface area contributed by atoms with Crippen LogP contribution in [0.2, 0.25) is 5.02 Å². The summed E-state index contributed by atoms with van der Waals surface area (Å²) in [6, 6.07) is 5.63. The van der Waals surface area contributed by atoms with Crippen LogP contribution in [0, 0.1) is 5.92 Å². The molecule has 2 N–H and O–H groups in total. The fourth-order valence-electron chi connectivity index (χ4n) is 1.36. The topological polar surface area (TPSA) is 44.5 Å². The van der Waals surface area contributed by atoms with Crippen molar-refractivity contribution < 1.29 is 9.57 Å². The minimum atomic E-state index is 0.305. The molecular formula is C11H14ClNO2. The zero-order valence-electron chi connectivity index (χ0n) is 8.41. The summed E-state index contributed by atoms with van der Waals surface area (Å²) in [6.45, 7) is 1.06. The predicted molar refractivity (Wildman–Crippen MR) is 58.6 cm³/mol. The molecule has 0 heterocycles. The minimum Gasteiger partial charge on any atom is -0.492 e. The van der Waals surface area contributed by atoms with Crippen LogP contribution in [0.4, 0.5) is 0 Å². The van der Waals surface area contributed by atoms with E-state index >= 15 is 0 Å². The molecule has 0 bridgehead atoms. The first-order chi connectivity index (χ1) is 7.31. The summed E-state index contributed by atoms with van der Waals surface area (Å²) in [5.41, 5.74) is 0.854. The Morgan fingerprint density at radius 3 is 2.87 bits per heavy atom. The Kier molecular flexibility index (Phi) is 3.46. The molecule has 0 radical (unpaired) electrons. The maximum absolute atomic E-state index is 6.13. The summed E-state index contributed by atoms with van der Waals surface area (Å²) in [7, 11) is 0. The second-order valence-electron chi connectivity index (χ2n) is 3.79. The molecule has 3 nitrogen and oxygen atoms in total.